The van der Waals surface area contributed by atoms with Gasteiger partial charge in [0.2, 0.25) is 11.8 Å². The molecule has 1 fully saturated rings. The Bertz CT molecular complexity index is 912. The molecule has 160 valence electrons. The first-order valence-corrected chi connectivity index (χ1v) is 10.8. The summed E-state index contributed by atoms with van der Waals surface area (Å²) in [6.07, 6.45) is 2.35. The van der Waals surface area contributed by atoms with E-state index >= 15 is 0 Å². The van der Waals surface area contributed by atoms with Crippen LogP contribution >= 0.6 is 0 Å². The summed E-state index contributed by atoms with van der Waals surface area (Å²) in [6, 6.07) is 14.4. The standard InChI is InChI=1S/C25H31FN2O2/c1-4-9-23(29)28-15-14-25(17-28,24(30)27-18(2)3)16-19-10-5-6-11-20(19)21-12-7-8-13-22(21)26/h5-8,10-13,18H,4,9,14-17H2,1-3H3,(H,27,30). The van der Waals surface area contributed by atoms with E-state index in [0.717, 1.165) is 17.5 Å². The second kappa shape index (κ2) is 9.41. The zero-order valence-electron chi connectivity index (χ0n) is 18.1. The summed E-state index contributed by atoms with van der Waals surface area (Å²) >= 11 is 0. The number of likely N-dealkylation sites (tertiary alicyclic amines) is 1. The Kier molecular flexibility index (Phi) is 6.91. The fourth-order valence-electron chi connectivity index (χ4n) is 4.26. The van der Waals surface area contributed by atoms with E-state index in [1.54, 1.807) is 12.1 Å². The van der Waals surface area contributed by atoms with Crippen LogP contribution in [0, 0.1) is 11.2 Å². The highest BCUT2D eigenvalue weighted by Crippen LogP contribution is 2.38. The second-order valence-corrected chi connectivity index (χ2v) is 8.54. The highest BCUT2D eigenvalue weighted by Gasteiger charge is 2.46. The van der Waals surface area contributed by atoms with Gasteiger partial charge in [-0.3, -0.25) is 9.59 Å². The molecule has 1 N–H and O–H groups in total. The molecule has 1 aliphatic heterocycles. The lowest BCUT2D eigenvalue weighted by molar-refractivity contribution is -0.133. The molecule has 0 aromatic heterocycles. The van der Waals surface area contributed by atoms with Crippen LogP contribution in [0.15, 0.2) is 48.5 Å². The summed E-state index contributed by atoms with van der Waals surface area (Å²) in [6.45, 7) is 6.83. The quantitative estimate of drug-likeness (QED) is 0.726. The van der Waals surface area contributed by atoms with Gasteiger partial charge >= 0.3 is 0 Å². The molecule has 1 heterocycles. The van der Waals surface area contributed by atoms with Gasteiger partial charge in [0, 0.05) is 31.1 Å². The van der Waals surface area contributed by atoms with Crippen molar-refractivity contribution in [1.82, 2.24) is 10.2 Å². The minimum Gasteiger partial charge on any atom is -0.353 e. The molecule has 0 bridgehead atoms. The predicted molar refractivity (Wildman–Crippen MR) is 117 cm³/mol. The van der Waals surface area contributed by atoms with E-state index in [0.29, 0.717) is 37.9 Å². The summed E-state index contributed by atoms with van der Waals surface area (Å²) < 4.78 is 14.5. The highest BCUT2D eigenvalue weighted by molar-refractivity contribution is 5.86. The number of halogens is 1. The van der Waals surface area contributed by atoms with Crippen molar-refractivity contribution in [2.24, 2.45) is 5.41 Å². The average molecular weight is 411 g/mol. The van der Waals surface area contributed by atoms with Crippen LogP contribution in [0.1, 0.15) is 45.6 Å². The van der Waals surface area contributed by atoms with E-state index in [2.05, 4.69) is 5.32 Å². The van der Waals surface area contributed by atoms with E-state index in [1.165, 1.54) is 6.07 Å². The number of rotatable bonds is 7. The van der Waals surface area contributed by atoms with Gasteiger partial charge in [-0.25, -0.2) is 4.39 Å². The maximum Gasteiger partial charge on any atom is 0.228 e. The topological polar surface area (TPSA) is 49.4 Å². The molecule has 0 saturated carbocycles. The molecule has 2 aromatic rings. The highest BCUT2D eigenvalue weighted by atomic mass is 19.1. The SMILES string of the molecule is CCCC(=O)N1CCC(Cc2ccccc2-c2ccccc2F)(C(=O)NC(C)C)C1. The molecule has 3 rings (SSSR count). The van der Waals surface area contributed by atoms with Gasteiger partial charge in [0.05, 0.1) is 5.41 Å². The molecule has 2 amide bonds. The van der Waals surface area contributed by atoms with Crippen molar-refractivity contribution in [3.8, 4) is 11.1 Å². The second-order valence-electron chi connectivity index (χ2n) is 8.54. The maximum absolute atomic E-state index is 14.5. The zero-order valence-corrected chi connectivity index (χ0v) is 18.1. The number of nitrogens with zero attached hydrogens (tertiary/aromatic N) is 1. The number of nitrogens with one attached hydrogen (secondary N) is 1. The summed E-state index contributed by atoms with van der Waals surface area (Å²) in [5.74, 6) is -0.219. The number of carbonyl (C=O) groups excluding carboxylic acids is 2. The van der Waals surface area contributed by atoms with E-state index in [-0.39, 0.29) is 23.7 Å². The molecule has 2 aromatic carbocycles. The van der Waals surface area contributed by atoms with E-state index in [4.69, 9.17) is 0 Å². The van der Waals surface area contributed by atoms with Crippen LogP contribution in [0.5, 0.6) is 0 Å². The van der Waals surface area contributed by atoms with Crippen molar-refractivity contribution in [2.75, 3.05) is 13.1 Å². The first-order chi connectivity index (χ1) is 14.4. The molecule has 1 atom stereocenters. The number of amides is 2. The number of hydrogen-bond acceptors (Lipinski definition) is 2. The molecule has 0 radical (unpaired) electrons. The molecular weight excluding hydrogens is 379 g/mol. The van der Waals surface area contributed by atoms with Gasteiger partial charge in [0.1, 0.15) is 5.82 Å². The predicted octanol–water partition coefficient (Wildman–Crippen LogP) is 4.58. The molecule has 0 aliphatic carbocycles. The van der Waals surface area contributed by atoms with E-state index < -0.39 is 5.41 Å². The Hall–Kier alpha value is -2.69. The largest absolute Gasteiger partial charge is 0.353 e. The monoisotopic (exact) mass is 410 g/mol. The minimum atomic E-state index is -0.713. The Morgan fingerprint density at radius 3 is 2.43 bits per heavy atom. The Morgan fingerprint density at radius 1 is 1.10 bits per heavy atom. The van der Waals surface area contributed by atoms with Crippen LogP contribution in [-0.4, -0.2) is 35.8 Å². The molecule has 30 heavy (non-hydrogen) atoms. The average Bonchev–Trinajstić information content (AvgIpc) is 3.14. The van der Waals surface area contributed by atoms with E-state index in [1.807, 2.05) is 56.0 Å². The van der Waals surface area contributed by atoms with Crippen molar-refractivity contribution >= 4 is 11.8 Å². The molecule has 5 heteroatoms. The summed E-state index contributed by atoms with van der Waals surface area (Å²) in [5.41, 5.74) is 1.54. The summed E-state index contributed by atoms with van der Waals surface area (Å²) in [4.78, 5) is 27.6. The third-order valence-electron chi connectivity index (χ3n) is 5.78. The van der Waals surface area contributed by atoms with Crippen LogP contribution in [-0.2, 0) is 16.0 Å². The fraction of sp³-hybridized carbons (Fsp3) is 0.440. The third kappa shape index (κ3) is 4.72. The van der Waals surface area contributed by atoms with Gasteiger partial charge < -0.3 is 10.2 Å². The van der Waals surface area contributed by atoms with Crippen LogP contribution in [0.3, 0.4) is 0 Å². The van der Waals surface area contributed by atoms with Crippen LogP contribution in [0.25, 0.3) is 11.1 Å². The first kappa shape index (κ1) is 22.0. The number of carbonyl (C=O) groups is 2. The molecule has 4 nitrogen and oxygen atoms in total. The van der Waals surface area contributed by atoms with Gasteiger partial charge in [0.15, 0.2) is 0 Å². The van der Waals surface area contributed by atoms with Gasteiger partial charge in [0.25, 0.3) is 0 Å². The minimum absolute atomic E-state index is 0.0107. The lowest BCUT2D eigenvalue weighted by Gasteiger charge is -2.30. The summed E-state index contributed by atoms with van der Waals surface area (Å²) in [5, 5.41) is 3.06. The molecular formula is C25H31FN2O2. The van der Waals surface area contributed by atoms with Crippen molar-refractivity contribution in [3.63, 3.8) is 0 Å². The van der Waals surface area contributed by atoms with Crippen molar-refractivity contribution in [2.45, 2.75) is 52.5 Å². The fourth-order valence-corrected chi connectivity index (χ4v) is 4.26. The van der Waals surface area contributed by atoms with Gasteiger partial charge in [-0.15, -0.1) is 0 Å². The van der Waals surface area contributed by atoms with Crippen LogP contribution in [0.2, 0.25) is 0 Å². The Morgan fingerprint density at radius 2 is 1.77 bits per heavy atom. The van der Waals surface area contributed by atoms with Gasteiger partial charge in [-0.05, 0) is 50.3 Å². The lowest BCUT2D eigenvalue weighted by atomic mass is 9.78. The molecule has 1 unspecified atom stereocenters. The first-order valence-electron chi connectivity index (χ1n) is 10.8. The van der Waals surface area contributed by atoms with Crippen LogP contribution < -0.4 is 5.32 Å². The van der Waals surface area contributed by atoms with Gasteiger partial charge in [-0.1, -0.05) is 49.4 Å². The Labute approximate surface area is 178 Å². The number of hydrogen-bond donors (Lipinski definition) is 1. The van der Waals surface area contributed by atoms with Crippen LogP contribution in [0.4, 0.5) is 4.39 Å². The lowest BCUT2D eigenvalue weighted by Crippen LogP contribution is -2.47. The van der Waals surface area contributed by atoms with Gasteiger partial charge in [-0.2, -0.15) is 0 Å². The third-order valence-corrected chi connectivity index (χ3v) is 5.78. The summed E-state index contributed by atoms with van der Waals surface area (Å²) in [7, 11) is 0. The van der Waals surface area contributed by atoms with Crippen molar-refractivity contribution in [1.29, 1.82) is 0 Å². The Balaban J connectivity index is 1.97. The normalized spacial score (nSPS) is 18.6. The van der Waals surface area contributed by atoms with Crippen molar-refractivity contribution in [3.05, 3.63) is 59.9 Å². The van der Waals surface area contributed by atoms with Crippen molar-refractivity contribution < 1.29 is 14.0 Å². The molecule has 1 saturated heterocycles. The smallest absolute Gasteiger partial charge is 0.228 e. The maximum atomic E-state index is 14.5. The number of benzene rings is 2. The molecule has 1 aliphatic rings. The zero-order chi connectivity index (χ0) is 21.7. The molecule has 0 spiro atoms. The van der Waals surface area contributed by atoms with E-state index in [9.17, 15) is 14.0 Å².